The first kappa shape index (κ1) is 18.8. The van der Waals surface area contributed by atoms with Gasteiger partial charge in [-0.25, -0.2) is 9.97 Å². The van der Waals surface area contributed by atoms with E-state index in [-0.39, 0.29) is 6.54 Å². The third-order valence-electron chi connectivity index (χ3n) is 4.04. The Bertz CT molecular complexity index is 868. The Kier molecular flexibility index (Phi) is 5.65. The number of hydrogen-bond donors (Lipinski definition) is 2. The van der Waals surface area contributed by atoms with Gasteiger partial charge in [0.2, 0.25) is 5.95 Å². The van der Waals surface area contributed by atoms with Gasteiger partial charge in [-0.15, -0.1) is 11.3 Å². The van der Waals surface area contributed by atoms with Crippen LogP contribution in [0, 0.1) is 0 Å². The summed E-state index contributed by atoms with van der Waals surface area (Å²) in [5, 5.41) is 3.04. The third kappa shape index (κ3) is 4.40. The molecular weight excluding hydrogens is 370 g/mol. The first-order valence-corrected chi connectivity index (χ1v) is 9.15. The molecule has 10 heteroatoms. The lowest BCUT2D eigenvalue weighted by atomic mass is 10.1. The summed E-state index contributed by atoms with van der Waals surface area (Å²) < 4.78 is 4.99. The Morgan fingerprint density at radius 1 is 1.30 bits per heavy atom. The van der Waals surface area contributed by atoms with Crippen LogP contribution in [0.4, 0.5) is 10.9 Å². The van der Waals surface area contributed by atoms with Gasteiger partial charge < -0.3 is 20.7 Å². The van der Waals surface area contributed by atoms with Crippen molar-refractivity contribution < 1.29 is 19.1 Å². The number of likely N-dealkylation sites (N-methyl/N-ethyl adjacent to an activating group) is 1. The maximum Gasteiger partial charge on any atom is 0.326 e. The van der Waals surface area contributed by atoms with Crippen molar-refractivity contribution in [3.8, 4) is 0 Å². The molecule has 2 heterocycles. The molecule has 0 saturated carbocycles. The van der Waals surface area contributed by atoms with E-state index in [1.165, 1.54) is 16.2 Å². The first-order chi connectivity index (χ1) is 13.0. The summed E-state index contributed by atoms with van der Waals surface area (Å²) >= 11 is 1.35. The monoisotopic (exact) mass is 389 g/mol. The molecule has 1 aliphatic rings. The zero-order chi connectivity index (χ0) is 19.4. The Hall–Kier alpha value is -3.01. The van der Waals surface area contributed by atoms with Crippen LogP contribution in [0.15, 0.2) is 18.5 Å². The van der Waals surface area contributed by atoms with Gasteiger partial charge in [-0.2, -0.15) is 0 Å². The van der Waals surface area contributed by atoms with Crippen LogP contribution in [0.25, 0.3) is 0 Å². The molecule has 0 aliphatic heterocycles. The summed E-state index contributed by atoms with van der Waals surface area (Å²) in [6, 6.07) is 1.67. The summed E-state index contributed by atoms with van der Waals surface area (Å²) in [4.78, 5) is 46.3. The fourth-order valence-electron chi connectivity index (χ4n) is 2.86. The number of aromatic nitrogens is 2. The van der Waals surface area contributed by atoms with E-state index in [1.54, 1.807) is 25.5 Å². The second-order valence-electron chi connectivity index (χ2n) is 6.04. The number of amides is 2. The quantitative estimate of drug-likeness (QED) is 0.669. The predicted octanol–water partition coefficient (Wildman–Crippen LogP) is 0.744. The summed E-state index contributed by atoms with van der Waals surface area (Å²) in [6.45, 7) is -0.555. The summed E-state index contributed by atoms with van der Waals surface area (Å²) in [7, 11) is 1.64. The third-order valence-corrected chi connectivity index (χ3v) is 5.25. The molecule has 0 fully saturated rings. The van der Waals surface area contributed by atoms with E-state index in [9.17, 15) is 14.4 Å². The van der Waals surface area contributed by atoms with Crippen molar-refractivity contribution in [2.24, 2.45) is 5.73 Å². The minimum atomic E-state index is -0.594. The van der Waals surface area contributed by atoms with Crippen LogP contribution in [0.5, 0.6) is 0 Å². The molecule has 27 heavy (non-hydrogen) atoms. The number of carbonyl (C=O) groups is 3. The van der Waals surface area contributed by atoms with Crippen molar-refractivity contribution in [3.05, 3.63) is 34.5 Å². The number of nitrogens with zero attached hydrogens (tertiary/aromatic N) is 3. The average molecular weight is 389 g/mol. The van der Waals surface area contributed by atoms with Crippen molar-refractivity contribution in [2.75, 3.05) is 30.4 Å². The van der Waals surface area contributed by atoms with Crippen LogP contribution in [-0.4, -0.2) is 48.0 Å². The number of rotatable bonds is 7. The summed E-state index contributed by atoms with van der Waals surface area (Å²) in [5.41, 5.74) is 6.74. The van der Waals surface area contributed by atoms with E-state index in [2.05, 4.69) is 15.3 Å². The van der Waals surface area contributed by atoms with E-state index in [0.717, 1.165) is 29.7 Å². The van der Waals surface area contributed by atoms with Crippen molar-refractivity contribution in [3.63, 3.8) is 0 Å². The van der Waals surface area contributed by atoms with Gasteiger partial charge in [0.1, 0.15) is 11.5 Å². The zero-order valence-corrected chi connectivity index (χ0v) is 15.5. The van der Waals surface area contributed by atoms with E-state index < -0.39 is 24.4 Å². The van der Waals surface area contributed by atoms with E-state index in [4.69, 9.17) is 10.5 Å². The Morgan fingerprint density at radius 3 is 2.74 bits per heavy atom. The van der Waals surface area contributed by atoms with Gasteiger partial charge in [0.05, 0.1) is 5.56 Å². The molecule has 0 unspecified atom stereocenters. The van der Waals surface area contributed by atoms with Gasteiger partial charge in [-0.05, 0) is 30.9 Å². The van der Waals surface area contributed by atoms with Crippen molar-refractivity contribution in [2.45, 2.75) is 19.3 Å². The highest BCUT2D eigenvalue weighted by atomic mass is 32.1. The van der Waals surface area contributed by atoms with Gasteiger partial charge in [0.25, 0.3) is 11.8 Å². The molecule has 2 aromatic rings. The summed E-state index contributed by atoms with van der Waals surface area (Å²) in [6.07, 6.45) is 5.76. The number of thiophene rings is 1. The molecule has 3 rings (SSSR count). The highest BCUT2D eigenvalue weighted by Crippen LogP contribution is 2.38. The average Bonchev–Trinajstić information content (AvgIpc) is 3.21. The Morgan fingerprint density at radius 2 is 2.04 bits per heavy atom. The van der Waals surface area contributed by atoms with Crippen molar-refractivity contribution >= 4 is 40.1 Å². The minimum Gasteiger partial charge on any atom is -0.454 e. The van der Waals surface area contributed by atoms with Crippen molar-refractivity contribution in [1.29, 1.82) is 0 Å². The molecule has 2 aromatic heterocycles. The molecule has 0 bridgehead atoms. The molecule has 1 aliphatic carbocycles. The fourth-order valence-corrected chi connectivity index (χ4v) is 4.17. The van der Waals surface area contributed by atoms with Crippen LogP contribution in [-0.2, 0) is 27.2 Å². The van der Waals surface area contributed by atoms with Crippen molar-refractivity contribution in [1.82, 2.24) is 9.97 Å². The molecule has 0 spiro atoms. The number of carbonyl (C=O) groups excluding carboxylic acids is 3. The van der Waals surface area contributed by atoms with Crippen LogP contribution in [0.2, 0.25) is 0 Å². The lowest BCUT2D eigenvalue weighted by molar-refractivity contribution is -0.145. The molecular formula is C17H19N5O4S. The maximum absolute atomic E-state index is 12.1. The van der Waals surface area contributed by atoms with Crippen LogP contribution >= 0.6 is 11.3 Å². The Labute approximate surface area is 159 Å². The van der Waals surface area contributed by atoms with E-state index >= 15 is 0 Å². The molecule has 9 nitrogen and oxygen atoms in total. The van der Waals surface area contributed by atoms with Gasteiger partial charge in [-0.3, -0.25) is 14.4 Å². The lowest BCUT2D eigenvalue weighted by Gasteiger charge is -2.15. The topological polar surface area (TPSA) is 128 Å². The number of ether oxygens (including phenoxy) is 1. The highest BCUT2D eigenvalue weighted by molar-refractivity contribution is 7.17. The van der Waals surface area contributed by atoms with Crippen LogP contribution in [0.1, 0.15) is 27.2 Å². The SMILES string of the molecule is CN(CC(=O)OCC(=O)Nc1sc2c(c1C(N)=O)CCC2)c1ncccn1. The number of aryl methyl sites for hydroxylation is 1. The number of nitrogens with two attached hydrogens (primary N) is 1. The van der Waals surface area contributed by atoms with Gasteiger partial charge in [0, 0.05) is 24.3 Å². The normalized spacial score (nSPS) is 12.3. The number of esters is 1. The largest absolute Gasteiger partial charge is 0.454 e. The van der Waals surface area contributed by atoms with Crippen LogP contribution in [0.3, 0.4) is 0 Å². The highest BCUT2D eigenvalue weighted by Gasteiger charge is 2.26. The lowest BCUT2D eigenvalue weighted by Crippen LogP contribution is -2.30. The molecule has 0 saturated heterocycles. The molecule has 0 atom stereocenters. The minimum absolute atomic E-state index is 0.100. The Balaban J connectivity index is 1.53. The zero-order valence-electron chi connectivity index (χ0n) is 14.7. The molecule has 142 valence electrons. The van der Waals surface area contributed by atoms with Crippen LogP contribution < -0.4 is 16.0 Å². The number of nitrogens with one attached hydrogen (secondary N) is 1. The standard InChI is InChI=1S/C17H19N5O4S/c1-22(17-19-6-3-7-20-17)8-13(24)26-9-12(23)21-16-14(15(18)25)10-4-2-5-11(10)27-16/h3,6-7H,2,4-5,8-9H2,1H3,(H2,18,25)(H,21,23). The smallest absolute Gasteiger partial charge is 0.326 e. The fraction of sp³-hybridized carbons (Fsp3) is 0.353. The maximum atomic E-state index is 12.1. The molecule has 2 amide bonds. The van der Waals surface area contributed by atoms with Gasteiger partial charge in [0.15, 0.2) is 6.61 Å². The van der Waals surface area contributed by atoms with Gasteiger partial charge >= 0.3 is 5.97 Å². The van der Waals surface area contributed by atoms with E-state index in [1.807, 2.05) is 0 Å². The number of fused-ring (bicyclic) bond motifs is 1. The second kappa shape index (κ2) is 8.12. The molecule has 0 radical (unpaired) electrons. The molecule has 0 aromatic carbocycles. The number of hydrogen-bond acceptors (Lipinski definition) is 8. The number of primary amides is 1. The summed E-state index contributed by atoms with van der Waals surface area (Å²) in [5.74, 6) is -1.31. The molecule has 3 N–H and O–H groups in total. The first-order valence-electron chi connectivity index (χ1n) is 8.33. The van der Waals surface area contributed by atoms with Gasteiger partial charge in [-0.1, -0.05) is 0 Å². The predicted molar refractivity (Wildman–Crippen MR) is 99.8 cm³/mol. The number of anilines is 2. The second-order valence-corrected chi connectivity index (χ2v) is 7.14. The van der Waals surface area contributed by atoms with E-state index in [0.29, 0.717) is 16.5 Å².